The fourth-order valence-corrected chi connectivity index (χ4v) is 4.13. The number of anilines is 1. The predicted octanol–water partition coefficient (Wildman–Crippen LogP) is 2.85. The Kier molecular flexibility index (Phi) is 7.68. The first-order valence-electron chi connectivity index (χ1n) is 10.2. The minimum atomic E-state index is 0.642. The molecular formula is C21H32N6S. The molecule has 1 saturated heterocycles. The molecule has 0 bridgehead atoms. The van der Waals surface area contributed by atoms with Gasteiger partial charge in [0.05, 0.1) is 13.1 Å². The molecule has 0 radical (unpaired) electrons. The number of aromatic nitrogens is 1. The Morgan fingerprint density at radius 1 is 1.18 bits per heavy atom. The van der Waals surface area contributed by atoms with Crippen molar-refractivity contribution in [2.75, 3.05) is 44.2 Å². The molecule has 0 amide bonds. The summed E-state index contributed by atoms with van der Waals surface area (Å²) in [6.07, 6.45) is 1.90. The highest BCUT2D eigenvalue weighted by atomic mass is 32.1. The molecule has 0 atom stereocenters. The number of likely N-dealkylation sites (N-methyl/N-ethyl adjacent to an activating group) is 1. The summed E-state index contributed by atoms with van der Waals surface area (Å²) in [7, 11) is 0. The zero-order chi connectivity index (χ0) is 19.8. The molecule has 0 aliphatic carbocycles. The summed E-state index contributed by atoms with van der Waals surface area (Å²) in [5, 5.41) is 8.91. The van der Waals surface area contributed by atoms with Crippen LogP contribution in [0.25, 0.3) is 0 Å². The molecule has 6 nitrogen and oxygen atoms in total. The van der Waals surface area contributed by atoms with E-state index in [4.69, 9.17) is 4.99 Å². The first-order valence-corrected chi connectivity index (χ1v) is 11.0. The van der Waals surface area contributed by atoms with Gasteiger partial charge in [-0.1, -0.05) is 6.92 Å². The number of nitrogens with zero attached hydrogens (tertiary/aromatic N) is 4. The van der Waals surface area contributed by atoms with Crippen molar-refractivity contribution >= 4 is 23.1 Å². The fourth-order valence-electron chi connectivity index (χ4n) is 3.29. The molecule has 2 aromatic rings. The van der Waals surface area contributed by atoms with Crippen LogP contribution in [0.1, 0.15) is 29.9 Å². The monoisotopic (exact) mass is 400 g/mol. The largest absolute Gasteiger partial charge is 0.357 e. The lowest BCUT2D eigenvalue weighted by atomic mass is 10.2. The third kappa shape index (κ3) is 5.69. The molecule has 3 heterocycles. The molecule has 1 fully saturated rings. The van der Waals surface area contributed by atoms with Crippen molar-refractivity contribution in [1.82, 2.24) is 20.5 Å². The van der Waals surface area contributed by atoms with Gasteiger partial charge in [0.15, 0.2) is 5.96 Å². The number of thiophene rings is 1. The molecule has 7 heteroatoms. The standard InChI is InChI=1S/C21H32N6S/c1-4-22-21(25-16-19-17(3)7-13-28-19)24-15-18-6-8-23-20(14-18)27-11-9-26(5-2)10-12-27/h6-8,13-14H,4-5,9-12,15-16H2,1-3H3,(H2,22,24,25). The van der Waals surface area contributed by atoms with Crippen LogP contribution in [0.2, 0.25) is 0 Å². The van der Waals surface area contributed by atoms with Crippen LogP contribution in [0, 0.1) is 6.92 Å². The summed E-state index contributed by atoms with van der Waals surface area (Å²) in [5.74, 6) is 1.92. The van der Waals surface area contributed by atoms with Crippen molar-refractivity contribution in [3.63, 3.8) is 0 Å². The Hall–Kier alpha value is -2.12. The molecule has 0 aromatic carbocycles. The van der Waals surface area contributed by atoms with Gasteiger partial charge in [0, 0.05) is 43.8 Å². The van der Waals surface area contributed by atoms with Gasteiger partial charge in [-0.2, -0.15) is 0 Å². The van der Waals surface area contributed by atoms with Crippen molar-refractivity contribution in [3.8, 4) is 0 Å². The third-order valence-corrected chi connectivity index (χ3v) is 6.12. The maximum Gasteiger partial charge on any atom is 0.191 e. The topological polar surface area (TPSA) is 55.8 Å². The van der Waals surface area contributed by atoms with E-state index in [-0.39, 0.29) is 0 Å². The fraction of sp³-hybridized carbons (Fsp3) is 0.524. The van der Waals surface area contributed by atoms with Crippen LogP contribution in [0.5, 0.6) is 0 Å². The Bertz CT molecular complexity index is 764. The summed E-state index contributed by atoms with van der Waals surface area (Å²) in [6.45, 7) is 14.2. The summed E-state index contributed by atoms with van der Waals surface area (Å²) in [6, 6.07) is 6.39. The van der Waals surface area contributed by atoms with Crippen LogP contribution in [-0.4, -0.2) is 55.1 Å². The average molecular weight is 401 g/mol. The molecule has 2 aromatic heterocycles. The van der Waals surface area contributed by atoms with Crippen molar-refractivity contribution in [2.45, 2.75) is 33.9 Å². The Labute approximate surface area is 172 Å². The lowest BCUT2D eigenvalue weighted by Crippen LogP contribution is -2.46. The molecule has 152 valence electrons. The molecule has 1 aliphatic rings. The molecule has 1 aliphatic heterocycles. The lowest BCUT2D eigenvalue weighted by molar-refractivity contribution is 0.270. The van der Waals surface area contributed by atoms with Gasteiger partial charge in [-0.3, -0.25) is 0 Å². The molecule has 0 unspecified atom stereocenters. The normalized spacial score (nSPS) is 15.7. The van der Waals surface area contributed by atoms with Gasteiger partial charge in [-0.05, 0) is 55.1 Å². The van der Waals surface area contributed by atoms with Gasteiger partial charge < -0.3 is 20.4 Å². The van der Waals surface area contributed by atoms with Crippen LogP contribution in [0.15, 0.2) is 34.8 Å². The van der Waals surface area contributed by atoms with Crippen LogP contribution in [0.3, 0.4) is 0 Å². The molecule has 0 spiro atoms. The zero-order valence-corrected chi connectivity index (χ0v) is 18.1. The smallest absolute Gasteiger partial charge is 0.191 e. The number of hydrogen-bond acceptors (Lipinski definition) is 5. The van der Waals surface area contributed by atoms with Gasteiger partial charge in [0.1, 0.15) is 5.82 Å². The van der Waals surface area contributed by atoms with Crippen molar-refractivity contribution in [3.05, 3.63) is 45.8 Å². The maximum absolute atomic E-state index is 4.77. The highest BCUT2D eigenvalue weighted by molar-refractivity contribution is 7.10. The highest BCUT2D eigenvalue weighted by Crippen LogP contribution is 2.16. The van der Waals surface area contributed by atoms with E-state index in [2.05, 4.69) is 69.8 Å². The predicted molar refractivity (Wildman–Crippen MR) is 119 cm³/mol. The summed E-state index contributed by atoms with van der Waals surface area (Å²) in [5.41, 5.74) is 2.52. The second-order valence-corrected chi connectivity index (χ2v) is 8.02. The second-order valence-electron chi connectivity index (χ2n) is 7.02. The molecule has 0 saturated carbocycles. The van der Waals surface area contributed by atoms with Gasteiger partial charge in [0.25, 0.3) is 0 Å². The van der Waals surface area contributed by atoms with E-state index in [0.717, 1.165) is 57.6 Å². The Morgan fingerprint density at radius 2 is 2.00 bits per heavy atom. The molecule has 2 N–H and O–H groups in total. The van der Waals surface area contributed by atoms with E-state index >= 15 is 0 Å². The van der Waals surface area contributed by atoms with Crippen LogP contribution in [-0.2, 0) is 13.1 Å². The zero-order valence-electron chi connectivity index (χ0n) is 17.2. The van der Waals surface area contributed by atoms with Crippen molar-refractivity contribution in [2.24, 2.45) is 4.99 Å². The van der Waals surface area contributed by atoms with Gasteiger partial charge in [-0.15, -0.1) is 11.3 Å². The minimum Gasteiger partial charge on any atom is -0.357 e. The molecule has 3 rings (SSSR count). The SMILES string of the molecule is CCNC(=NCc1ccnc(N2CCN(CC)CC2)c1)NCc1sccc1C. The number of aliphatic imine (C=N–C) groups is 1. The number of piperazine rings is 1. The van der Waals surface area contributed by atoms with E-state index in [0.29, 0.717) is 6.54 Å². The summed E-state index contributed by atoms with van der Waals surface area (Å²) in [4.78, 5) is 15.6. The van der Waals surface area contributed by atoms with Crippen LogP contribution >= 0.6 is 11.3 Å². The van der Waals surface area contributed by atoms with Crippen molar-refractivity contribution < 1.29 is 0 Å². The van der Waals surface area contributed by atoms with E-state index in [1.807, 2.05) is 6.20 Å². The Morgan fingerprint density at radius 3 is 2.68 bits per heavy atom. The number of aryl methyl sites for hydroxylation is 1. The van der Waals surface area contributed by atoms with Crippen LogP contribution < -0.4 is 15.5 Å². The van der Waals surface area contributed by atoms with E-state index in [1.165, 1.54) is 16.0 Å². The second kappa shape index (κ2) is 10.4. The average Bonchev–Trinajstić information content (AvgIpc) is 3.15. The quantitative estimate of drug-likeness (QED) is 0.553. The molecular weight excluding hydrogens is 368 g/mol. The highest BCUT2D eigenvalue weighted by Gasteiger charge is 2.16. The van der Waals surface area contributed by atoms with E-state index in [1.54, 1.807) is 11.3 Å². The summed E-state index contributed by atoms with van der Waals surface area (Å²) >= 11 is 1.78. The number of rotatable bonds is 7. The van der Waals surface area contributed by atoms with Gasteiger partial charge >= 0.3 is 0 Å². The van der Waals surface area contributed by atoms with Gasteiger partial charge in [-0.25, -0.2) is 9.98 Å². The summed E-state index contributed by atoms with van der Waals surface area (Å²) < 4.78 is 0. The van der Waals surface area contributed by atoms with Crippen molar-refractivity contribution in [1.29, 1.82) is 0 Å². The maximum atomic E-state index is 4.77. The van der Waals surface area contributed by atoms with Gasteiger partial charge in [0.2, 0.25) is 0 Å². The minimum absolute atomic E-state index is 0.642. The first kappa shape index (κ1) is 20.6. The number of hydrogen-bond donors (Lipinski definition) is 2. The number of nitrogens with one attached hydrogen (secondary N) is 2. The number of guanidine groups is 1. The van der Waals surface area contributed by atoms with E-state index < -0.39 is 0 Å². The third-order valence-electron chi connectivity index (χ3n) is 5.10. The lowest BCUT2D eigenvalue weighted by Gasteiger charge is -2.34. The van der Waals surface area contributed by atoms with Crippen LogP contribution in [0.4, 0.5) is 5.82 Å². The first-order chi connectivity index (χ1) is 13.7. The number of pyridine rings is 1. The van der Waals surface area contributed by atoms with E-state index in [9.17, 15) is 0 Å². The molecule has 28 heavy (non-hydrogen) atoms. The Balaban J connectivity index is 1.60.